The van der Waals surface area contributed by atoms with Gasteiger partial charge in [0.1, 0.15) is 17.8 Å². The molecule has 2 rings (SSSR count). The number of carbonyl (C=O) groups is 1. The van der Waals surface area contributed by atoms with Crippen LogP contribution >= 0.6 is 0 Å². The number of hydrogen-bond donors (Lipinski definition) is 0. The molecule has 0 aliphatic heterocycles. The first-order valence-corrected chi connectivity index (χ1v) is 7.54. The molecule has 15 heteroatoms. The monoisotopic (exact) mass is 483 g/mol. The van der Waals surface area contributed by atoms with Crippen LogP contribution < -0.4 is 51.4 Å². The number of rotatable bonds is 3. The minimum absolute atomic E-state index is 0. The van der Waals surface area contributed by atoms with Gasteiger partial charge in [0.15, 0.2) is 17.5 Å². The number of halogens is 7. The van der Waals surface area contributed by atoms with Crippen molar-refractivity contribution >= 4 is 5.97 Å². The van der Waals surface area contributed by atoms with Crippen LogP contribution in [-0.2, 0) is 9.53 Å². The maximum Gasteiger partial charge on any atom is 1.00 e. The summed E-state index contributed by atoms with van der Waals surface area (Å²) in [5.74, 6) is -15.3. The molecule has 0 radical (unpaired) electrons. The molecule has 2 heterocycles. The fourth-order valence-electron chi connectivity index (χ4n) is 1.78. The van der Waals surface area contributed by atoms with Crippen molar-refractivity contribution in [2.45, 2.75) is 6.92 Å². The fourth-order valence-corrected chi connectivity index (χ4v) is 1.78. The van der Waals surface area contributed by atoms with Crippen molar-refractivity contribution in [3.05, 3.63) is 63.9 Å². The normalized spacial score (nSPS) is 9.16. The third-order valence-electron chi connectivity index (χ3n) is 3.08. The van der Waals surface area contributed by atoms with Gasteiger partial charge in [-0.05, 0) is 6.92 Å². The van der Waals surface area contributed by atoms with E-state index in [-0.39, 0.29) is 58.0 Å². The Morgan fingerprint density at radius 3 is 1.75 bits per heavy atom. The molecule has 0 bridgehead atoms. The van der Waals surface area contributed by atoms with E-state index in [2.05, 4.69) is 14.7 Å². The summed E-state index contributed by atoms with van der Waals surface area (Å²) in [6, 6.07) is 3.48. The van der Waals surface area contributed by atoms with Gasteiger partial charge in [0.2, 0.25) is 11.6 Å². The van der Waals surface area contributed by atoms with Gasteiger partial charge in [-0.3, -0.25) is 13.6 Å². The summed E-state index contributed by atoms with van der Waals surface area (Å²) >= 11 is 0. The van der Waals surface area contributed by atoms with Gasteiger partial charge in [0.25, 0.3) is 11.9 Å². The number of hydrogen-bond acceptors (Lipinski definition) is 7. The maximum absolute atomic E-state index is 13.7. The average Bonchev–Trinajstić information content (AvgIpc) is 2.75. The van der Waals surface area contributed by atoms with Crippen molar-refractivity contribution in [2.75, 3.05) is 6.61 Å². The van der Waals surface area contributed by atoms with Crippen LogP contribution in [0.15, 0.2) is 0 Å². The van der Waals surface area contributed by atoms with Crippen LogP contribution in [0.3, 0.4) is 0 Å². The zero-order valence-corrected chi connectivity index (χ0v) is 19.0. The summed E-state index contributed by atoms with van der Waals surface area (Å²) in [6.07, 6.45) is 0. The van der Waals surface area contributed by atoms with Gasteiger partial charge in [-0.1, -0.05) is 5.56 Å². The van der Waals surface area contributed by atoms with Crippen LogP contribution in [0.25, 0.3) is 0 Å². The van der Waals surface area contributed by atoms with Gasteiger partial charge >= 0.3 is 51.4 Å². The molecule has 32 heavy (non-hydrogen) atoms. The largest absolute Gasteiger partial charge is 1.00 e. The Morgan fingerprint density at radius 2 is 1.31 bits per heavy atom. The first-order chi connectivity index (χ1) is 14.5. The number of carbonyl (C=O) groups excluding carboxylic acids is 1. The van der Waals surface area contributed by atoms with Gasteiger partial charge in [-0.25, -0.2) is 24.0 Å². The van der Waals surface area contributed by atoms with E-state index in [0.29, 0.717) is 0 Å². The molecule has 0 fully saturated rings. The van der Waals surface area contributed by atoms with Gasteiger partial charge in [-0.15, -0.1) is 0 Å². The van der Waals surface area contributed by atoms with E-state index in [0.717, 1.165) is 6.07 Å². The van der Waals surface area contributed by atoms with Gasteiger partial charge in [0.05, 0.1) is 18.2 Å². The second-order valence-electron chi connectivity index (χ2n) is 4.88. The van der Waals surface area contributed by atoms with E-state index < -0.39 is 69.8 Å². The minimum atomic E-state index is -2.03. The van der Waals surface area contributed by atoms with Crippen LogP contribution in [0.4, 0.5) is 30.7 Å². The summed E-state index contributed by atoms with van der Waals surface area (Å²) in [7, 11) is 0. The fraction of sp³-hybridized carbons (Fsp3) is 0.118. The van der Waals surface area contributed by atoms with E-state index in [1.807, 2.05) is 0 Å². The van der Waals surface area contributed by atoms with E-state index in [9.17, 15) is 35.5 Å². The van der Waals surface area contributed by atoms with E-state index in [1.54, 1.807) is 0 Å². The number of esters is 1. The molecule has 2 aromatic rings. The quantitative estimate of drug-likeness (QED) is 0.196. The van der Waals surface area contributed by atoms with Gasteiger partial charge in [-0.2, -0.15) is 23.7 Å². The van der Waals surface area contributed by atoms with Crippen LogP contribution in [-0.4, -0.2) is 22.5 Å². The van der Waals surface area contributed by atoms with Crippen LogP contribution in [0.1, 0.15) is 23.9 Å². The van der Waals surface area contributed by atoms with Crippen LogP contribution in [0, 0.1) is 80.9 Å². The molecule has 0 aromatic carbocycles. The zero-order valence-electron chi connectivity index (χ0n) is 15.9. The molecular weight excluding hydrogens is 478 g/mol. The van der Waals surface area contributed by atoms with E-state index >= 15 is 0 Å². The third kappa shape index (κ3) is 6.38. The second kappa shape index (κ2) is 13.0. The molecule has 160 valence electrons. The minimum Gasteiger partial charge on any atom is -0.471 e. The maximum atomic E-state index is 13.7. The average molecular weight is 483 g/mol. The summed E-state index contributed by atoms with van der Waals surface area (Å²) in [4.78, 5) is 16.6. The summed E-state index contributed by atoms with van der Waals surface area (Å²) in [5, 5.41) is 25.3. The molecule has 2 aromatic heterocycles. The predicted octanol–water partition coefficient (Wildman–Crippen LogP) is -0.106. The molecule has 0 saturated carbocycles. The first kappa shape index (κ1) is 29.3. The third-order valence-corrected chi connectivity index (χ3v) is 3.08. The number of nitriles is 3. The van der Waals surface area contributed by atoms with Crippen LogP contribution in [0.5, 0.6) is 0 Å². The van der Waals surface area contributed by atoms with Gasteiger partial charge < -0.3 is 4.74 Å². The summed E-state index contributed by atoms with van der Waals surface area (Å²) < 4.78 is 93.6. The topological polar surface area (TPSA) is 123 Å². The van der Waals surface area contributed by atoms with Crippen molar-refractivity contribution in [2.24, 2.45) is 0 Å². The molecule has 0 aliphatic carbocycles. The standard InChI is InChI=1S/C11H5F3N3O2.C6F4N2.K/c1-2-19-11(18)5(3-15)7-8(12)6(4-16)17-10(14)9(7)13;7-3-2(1-11)12-6(10)5(9)4(3)8;/h2H2,1H3;;/q-1;;+1. The molecule has 0 atom stereocenters. The molecule has 0 saturated heterocycles. The van der Waals surface area contributed by atoms with Gasteiger partial charge in [0, 0.05) is 12.0 Å². The van der Waals surface area contributed by atoms with Crippen molar-refractivity contribution in [1.29, 1.82) is 15.8 Å². The number of ether oxygens (including phenoxy) is 1. The molecule has 0 spiro atoms. The van der Waals surface area contributed by atoms with Crippen LogP contribution in [0.2, 0.25) is 0 Å². The Bertz CT molecular complexity index is 1160. The predicted molar refractivity (Wildman–Crippen MR) is 82.2 cm³/mol. The van der Waals surface area contributed by atoms with Crippen molar-refractivity contribution in [3.63, 3.8) is 0 Å². The molecule has 7 nitrogen and oxygen atoms in total. The zero-order chi connectivity index (χ0) is 23.9. The Kier molecular flexibility index (Phi) is 11.8. The molecule has 0 aliphatic rings. The Labute approximate surface area is 217 Å². The van der Waals surface area contributed by atoms with E-state index in [4.69, 9.17) is 15.8 Å². The summed E-state index contributed by atoms with van der Waals surface area (Å²) in [5.41, 5.74) is -3.43. The Morgan fingerprint density at radius 1 is 0.844 bits per heavy atom. The SMILES string of the molecule is CCOC(=O)[C-](C#N)c1c(F)c(F)nc(C#N)c1F.N#Cc1nc(F)c(F)c(F)c1F.[K+]. The molecule has 0 unspecified atom stereocenters. The van der Waals surface area contributed by atoms with Crippen molar-refractivity contribution in [1.82, 2.24) is 9.97 Å². The number of nitrogens with zero attached hydrogens (tertiary/aromatic N) is 5. The van der Waals surface area contributed by atoms with Crippen molar-refractivity contribution < 1.29 is 91.6 Å². The molecule has 0 amide bonds. The van der Waals surface area contributed by atoms with E-state index in [1.165, 1.54) is 19.1 Å². The Hall–Kier alpha value is -2.74. The second-order valence-corrected chi connectivity index (χ2v) is 4.88. The Balaban J connectivity index is 0.000000639. The summed E-state index contributed by atoms with van der Waals surface area (Å²) in [6.45, 7) is 1.26. The first-order valence-electron chi connectivity index (χ1n) is 7.54. The smallest absolute Gasteiger partial charge is 0.471 e. The number of pyridine rings is 2. The number of aromatic nitrogens is 2. The molecular formula is C17H5F7KN5O2. The van der Waals surface area contributed by atoms with Crippen molar-refractivity contribution in [3.8, 4) is 18.2 Å². The molecule has 0 N–H and O–H groups in total.